The van der Waals surface area contributed by atoms with Crippen molar-refractivity contribution in [2.75, 3.05) is 23.9 Å². The van der Waals surface area contributed by atoms with Crippen LogP contribution >= 0.6 is 15.9 Å². The summed E-state index contributed by atoms with van der Waals surface area (Å²) in [5.41, 5.74) is 2.80. The largest absolute Gasteiger partial charge is 0.483 e. The van der Waals surface area contributed by atoms with Gasteiger partial charge in [0, 0.05) is 35.7 Å². The number of carbonyl (C=O) groups is 3. The van der Waals surface area contributed by atoms with Gasteiger partial charge in [0.2, 0.25) is 5.91 Å². The summed E-state index contributed by atoms with van der Waals surface area (Å²) in [6, 6.07) is 12.5. The number of halogens is 3. The van der Waals surface area contributed by atoms with Crippen LogP contribution in [0.25, 0.3) is 0 Å². The monoisotopic (exact) mass is 558 g/mol. The molecule has 6 nitrogen and oxygen atoms in total. The number of nitrogens with zero attached hydrogens (tertiary/aromatic N) is 1. The first-order valence-corrected chi connectivity index (χ1v) is 11.9. The Morgan fingerprint density at radius 3 is 2.17 bits per heavy atom. The maximum absolute atomic E-state index is 13.9. The Labute approximate surface area is 216 Å². The summed E-state index contributed by atoms with van der Waals surface area (Å²) in [5.74, 6) is -2.35. The second kappa shape index (κ2) is 11.9. The average molecular weight is 559 g/mol. The number of hydrogen-bond acceptors (Lipinski definition) is 4. The molecule has 0 radical (unpaired) electrons. The van der Waals surface area contributed by atoms with Gasteiger partial charge in [-0.15, -0.1) is 0 Å². The van der Waals surface area contributed by atoms with Gasteiger partial charge in [0.05, 0.1) is 5.56 Å². The van der Waals surface area contributed by atoms with Crippen molar-refractivity contribution >= 4 is 44.9 Å². The fourth-order valence-electron chi connectivity index (χ4n) is 3.60. The van der Waals surface area contributed by atoms with Gasteiger partial charge in [-0.05, 0) is 79.6 Å². The van der Waals surface area contributed by atoms with Crippen molar-refractivity contribution in [1.29, 1.82) is 0 Å². The van der Waals surface area contributed by atoms with Crippen molar-refractivity contribution in [1.82, 2.24) is 0 Å². The molecule has 0 atom stereocenters. The highest BCUT2D eigenvalue weighted by molar-refractivity contribution is 9.10. The molecule has 0 heterocycles. The highest BCUT2D eigenvalue weighted by atomic mass is 79.9. The number of ether oxygens (including phenoxy) is 1. The number of hydrogen-bond donors (Lipinski definition) is 1. The van der Waals surface area contributed by atoms with Crippen LogP contribution in [-0.2, 0) is 9.59 Å². The molecule has 0 aromatic heterocycles. The summed E-state index contributed by atoms with van der Waals surface area (Å²) >= 11 is 3.41. The van der Waals surface area contributed by atoms with E-state index < -0.39 is 29.9 Å². The fraction of sp³-hybridized carbons (Fsp3) is 0.222. The molecule has 0 unspecified atom stereocenters. The van der Waals surface area contributed by atoms with E-state index in [0.29, 0.717) is 11.4 Å². The number of benzene rings is 3. The number of aryl methyl sites for hydroxylation is 2. The molecule has 3 rings (SSSR count). The molecule has 36 heavy (non-hydrogen) atoms. The van der Waals surface area contributed by atoms with Gasteiger partial charge < -0.3 is 15.0 Å². The minimum Gasteiger partial charge on any atom is -0.483 e. The van der Waals surface area contributed by atoms with E-state index in [4.69, 9.17) is 4.74 Å². The molecule has 9 heteroatoms. The van der Waals surface area contributed by atoms with Crippen molar-refractivity contribution in [2.45, 2.75) is 26.7 Å². The SMILES string of the molecule is Cc1cc(Br)cc(C)c1NC(=O)COc1ccc(F)cc1C(=O)CCC(=O)N(C)c1ccc(F)cc1. The molecule has 0 spiro atoms. The summed E-state index contributed by atoms with van der Waals surface area (Å²) < 4.78 is 33.5. The van der Waals surface area contributed by atoms with Crippen molar-refractivity contribution in [2.24, 2.45) is 0 Å². The van der Waals surface area contributed by atoms with E-state index in [9.17, 15) is 23.2 Å². The van der Waals surface area contributed by atoms with Gasteiger partial charge >= 0.3 is 0 Å². The summed E-state index contributed by atoms with van der Waals surface area (Å²) in [7, 11) is 1.52. The van der Waals surface area contributed by atoms with E-state index in [-0.39, 0.29) is 30.1 Å². The highest BCUT2D eigenvalue weighted by Crippen LogP contribution is 2.26. The Kier molecular flexibility index (Phi) is 8.93. The van der Waals surface area contributed by atoms with E-state index in [1.807, 2.05) is 26.0 Å². The number of rotatable bonds is 9. The third-order valence-corrected chi connectivity index (χ3v) is 5.97. The number of carbonyl (C=O) groups excluding carboxylic acids is 3. The minimum absolute atomic E-state index is 0.0418. The third kappa shape index (κ3) is 6.97. The number of ketones is 1. The van der Waals surface area contributed by atoms with Crippen LogP contribution in [0.3, 0.4) is 0 Å². The van der Waals surface area contributed by atoms with E-state index in [2.05, 4.69) is 21.2 Å². The standard InChI is InChI=1S/C27H25BrF2N2O4/c1-16-12-18(28)13-17(2)27(16)31-25(34)15-36-24-10-6-20(30)14-22(24)23(33)9-11-26(35)32(3)21-7-4-19(29)5-8-21/h4-8,10,12-14H,9,11,15H2,1-3H3,(H,31,34). The zero-order valence-electron chi connectivity index (χ0n) is 20.0. The van der Waals surface area contributed by atoms with Gasteiger partial charge in [0.25, 0.3) is 5.91 Å². The second-order valence-electron chi connectivity index (χ2n) is 8.24. The van der Waals surface area contributed by atoms with Crippen LogP contribution in [0.2, 0.25) is 0 Å². The Morgan fingerprint density at radius 1 is 0.917 bits per heavy atom. The molecular formula is C27H25BrF2N2O4. The molecule has 2 amide bonds. The van der Waals surface area contributed by atoms with Crippen LogP contribution in [0.5, 0.6) is 5.75 Å². The van der Waals surface area contributed by atoms with Gasteiger partial charge in [-0.2, -0.15) is 0 Å². The molecule has 188 valence electrons. The lowest BCUT2D eigenvalue weighted by Crippen LogP contribution is -2.26. The van der Waals surface area contributed by atoms with E-state index >= 15 is 0 Å². The average Bonchev–Trinajstić information content (AvgIpc) is 2.83. The number of anilines is 2. The number of amides is 2. The van der Waals surface area contributed by atoms with Crippen LogP contribution < -0.4 is 15.0 Å². The zero-order valence-corrected chi connectivity index (χ0v) is 21.6. The van der Waals surface area contributed by atoms with Gasteiger partial charge in [-0.3, -0.25) is 14.4 Å². The molecule has 3 aromatic carbocycles. The third-order valence-electron chi connectivity index (χ3n) is 5.52. The Balaban J connectivity index is 1.63. The maximum atomic E-state index is 13.9. The molecule has 0 saturated carbocycles. The molecule has 0 aliphatic rings. The smallest absolute Gasteiger partial charge is 0.262 e. The molecule has 0 aliphatic carbocycles. The van der Waals surface area contributed by atoms with Gasteiger partial charge in [0.15, 0.2) is 12.4 Å². The Bertz CT molecular complexity index is 1270. The summed E-state index contributed by atoms with van der Waals surface area (Å²) in [5, 5.41) is 2.79. The van der Waals surface area contributed by atoms with Crippen molar-refractivity contribution in [3.8, 4) is 5.75 Å². The van der Waals surface area contributed by atoms with E-state index in [1.54, 1.807) is 0 Å². The van der Waals surface area contributed by atoms with Crippen molar-refractivity contribution in [3.05, 3.63) is 87.4 Å². The summed E-state index contributed by atoms with van der Waals surface area (Å²) in [4.78, 5) is 39.1. The first-order valence-electron chi connectivity index (χ1n) is 11.1. The lowest BCUT2D eigenvalue weighted by atomic mass is 10.0. The zero-order chi connectivity index (χ0) is 26.4. The predicted molar refractivity (Wildman–Crippen MR) is 138 cm³/mol. The molecule has 0 saturated heterocycles. The van der Waals surface area contributed by atoms with Crippen LogP contribution in [0, 0.1) is 25.5 Å². The molecular weight excluding hydrogens is 534 g/mol. The predicted octanol–water partition coefficient (Wildman–Crippen LogP) is 5.99. The molecule has 1 N–H and O–H groups in total. The molecule has 0 bridgehead atoms. The van der Waals surface area contributed by atoms with Crippen molar-refractivity contribution < 1.29 is 27.9 Å². The Hall–Kier alpha value is -3.59. The summed E-state index contributed by atoms with van der Waals surface area (Å²) in [6.45, 7) is 3.33. The first kappa shape index (κ1) is 27.0. The van der Waals surface area contributed by atoms with Crippen LogP contribution in [-0.4, -0.2) is 31.3 Å². The summed E-state index contributed by atoms with van der Waals surface area (Å²) in [6.07, 6.45) is -0.348. The van der Waals surface area contributed by atoms with E-state index in [1.165, 1.54) is 42.3 Å². The topological polar surface area (TPSA) is 75.7 Å². The van der Waals surface area contributed by atoms with E-state index in [0.717, 1.165) is 27.7 Å². The molecule has 3 aromatic rings. The second-order valence-corrected chi connectivity index (χ2v) is 9.16. The number of nitrogens with one attached hydrogen (secondary N) is 1. The molecule has 0 fully saturated rings. The van der Waals surface area contributed by atoms with Gasteiger partial charge in [0.1, 0.15) is 17.4 Å². The Morgan fingerprint density at radius 2 is 1.53 bits per heavy atom. The first-order chi connectivity index (χ1) is 17.0. The van der Waals surface area contributed by atoms with Crippen LogP contribution in [0.1, 0.15) is 34.3 Å². The van der Waals surface area contributed by atoms with Gasteiger partial charge in [-0.1, -0.05) is 15.9 Å². The maximum Gasteiger partial charge on any atom is 0.262 e. The molecule has 0 aliphatic heterocycles. The van der Waals surface area contributed by atoms with Crippen molar-refractivity contribution in [3.63, 3.8) is 0 Å². The quantitative estimate of drug-likeness (QED) is 0.327. The normalized spacial score (nSPS) is 10.6. The highest BCUT2D eigenvalue weighted by Gasteiger charge is 2.19. The van der Waals surface area contributed by atoms with Gasteiger partial charge in [-0.25, -0.2) is 8.78 Å². The minimum atomic E-state index is -0.647. The lowest BCUT2D eigenvalue weighted by molar-refractivity contribution is -0.118. The number of Topliss-reactive ketones (excluding diaryl/α,β-unsaturated/α-hetero) is 1. The lowest BCUT2D eigenvalue weighted by Gasteiger charge is -2.17. The fourth-order valence-corrected chi connectivity index (χ4v) is 4.29. The van der Waals surface area contributed by atoms with Crippen LogP contribution in [0.4, 0.5) is 20.2 Å². The van der Waals surface area contributed by atoms with Crippen LogP contribution in [0.15, 0.2) is 59.1 Å².